The third-order valence-corrected chi connectivity index (χ3v) is 4.61. The molecule has 1 saturated heterocycles. The number of benzene rings is 1. The van der Waals surface area contributed by atoms with Gasteiger partial charge in [0.05, 0.1) is 18.1 Å². The predicted molar refractivity (Wildman–Crippen MR) is 80.7 cm³/mol. The van der Waals surface area contributed by atoms with E-state index in [9.17, 15) is 12.8 Å². The zero-order valence-electron chi connectivity index (χ0n) is 11.6. The topological polar surface area (TPSA) is 58.6 Å². The maximum Gasteiger partial charge on any atom is 0.240 e. The van der Waals surface area contributed by atoms with Gasteiger partial charge in [0.25, 0.3) is 0 Å². The predicted octanol–water partition coefficient (Wildman–Crippen LogP) is 1.25. The van der Waals surface area contributed by atoms with Crippen LogP contribution in [0.15, 0.2) is 29.2 Å². The van der Waals surface area contributed by atoms with Crippen molar-refractivity contribution in [3.8, 4) is 0 Å². The Morgan fingerprint density at radius 3 is 2.67 bits per heavy atom. The van der Waals surface area contributed by atoms with E-state index in [-0.39, 0.29) is 17.3 Å². The van der Waals surface area contributed by atoms with Crippen molar-refractivity contribution in [1.82, 2.24) is 9.62 Å². The van der Waals surface area contributed by atoms with Gasteiger partial charge in [0.15, 0.2) is 0 Å². The molecule has 0 aliphatic carbocycles. The van der Waals surface area contributed by atoms with Gasteiger partial charge in [-0.2, -0.15) is 0 Å². The molecule has 1 aliphatic heterocycles. The molecule has 5 nitrogen and oxygen atoms in total. The number of rotatable bonds is 6. The number of ether oxygens (including phenoxy) is 1. The highest BCUT2D eigenvalue weighted by atomic mass is 35.5. The first-order valence-corrected chi connectivity index (χ1v) is 8.11. The number of morpholine rings is 1. The summed E-state index contributed by atoms with van der Waals surface area (Å²) in [6, 6.07) is 5.01. The average molecular weight is 339 g/mol. The molecular weight excluding hydrogens is 319 g/mol. The highest BCUT2D eigenvalue weighted by Crippen LogP contribution is 2.10. The molecule has 21 heavy (non-hydrogen) atoms. The molecule has 0 unspecified atom stereocenters. The maximum absolute atomic E-state index is 13.0. The summed E-state index contributed by atoms with van der Waals surface area (Å²) < 4.78 is 44.6. The number of hydrogen-bond acceptors (Lipinski definition) is 4. The normalized spacial score (nSPS) is 16.4. The molecular formula is C13H20ClFN2O3S. The van der Waals surface area contributed by atoms with E-state index >= 15 is 0 Å². The molecule has 1 heterocycles. The van der Waals surface area contributed by atoms with Gasteiger partial charge in [-0.1, -0.05) is 6.07 Å². The lowest BCUT2D eigenvalue weighted by molar-refractivity contribution is 0.0376. The second kappa shape index (κ2) is 8.65. The van der Waals surface area contributed by atoms with E-state index in [1.165, 1.54) is 18.2 Å². The molecule has 0 saturated carbocycles. The van der Waals surface area contributed by atoms with E-state index in [1.54, 1.807) is 0 Å². The van der Waals surface area contributed by atoms with Gasteiger partial charge >= 0.3 is 0 Å². The summed E-state index contributed by atoms with van der Waals surface area (Å²) >= 11 is 0. The van der Waals surface area contributed by atoms with Crippen molar-refractivity contribution in [3.05, 3.63) is 30.1 Å². The number of sulfonamides is 1. The highest BCUT2D eigenvalue weighted by molar-refractivity contribution is 7.89. The molecule has 0 atom stereocenters. The minimum atomic E-state index is -3.62. The number of halogens is 2. The Kier molecular flexibility index (Phi) is 7.55. The third kappa shape index (κ3) is 5.88. The first-order chi connectivity index (χ1) is 9.58. The third-order valence-electron chi connectivity index (χ3n) is 3.15. The van der Waals surface area contributed by atoms with Crippen LogP contribution in [0.2, 0.25) is 0 Å². The first-order valence-electron chi connectivity index (χ1n) is 6.63. The first kappa shape index (κ1) is 18.3. The summed E-state index contributed by atoms with van der Waals surface area (Å²) in [6.45, 7) is 4.41. The quantitative estimate of drug-likeness (QED) is 0.793. The van der Waals surface area contributed by atoms with Gasteiger partial charge in [-0.3, -0.25) is 4.90 Å². The van der Waals surface area contributed by atoms with Crippen LogP contribution in [0.5, 0.6) is 0 Å². The van der Waals surface area contributed by atoms with Gasteiger partial charge in [-0.15, -0.1) is 12.4 Å². The molecule has 8 heteroatoms. The fourth-order valence-corrected chi connectivity index (χ4v) is 3.16. The monoisotopic (exact) mass is 338 g/mol. The molecule has 0 amide bonds. The Hall–Kier alpha value is -0.730. The molecule has 0 spiro atoms. The van der Waals surface area contributed by atoms with Gasteiger partial charge in [0.2, 0.25) is 10.0 Å². The average Bonchev–Trinajstić information content (AvgIpc) is 2.45. The standard InChI is InChI=1S/C13H19FN2O3S.ClH/c14-12-3-1-4-13(11-12)20(17,18)15-5-2-6-16-7-9-19-10-8-16;/h1,3-4,11,15H,2,5-10H2;1H. The van der Waals surface area contributed by atoms with Crippen molar-refractivity contribution in [2.24, 2.45) is 0 Å². The molecule has 1 N–H and O–H groups in total. The van der Waals surface area contributed by atoms with Crippen molar-refractivity contribution in [1.29, 1.82) is 0 Å². The molecule has 0 aromatic heterocycles. The van der Waals surface area contributed by atoms with Crippen LogP contribution in [0.4, 0.5) is 4.39 Å². The minimum Gasteiger partial charge on any atom is -0.379 e. The van der Waals surface area contributed by atoms with Gasteiger partial charge in [0, 0.05) is 19.6 Å². The Labute approximate surface area is 130 Å². The van der Waals surface area contributed by atoms with Crippen LogP contribution in [0.1, 0.15) is 6.42 Å². The highest BCUT2D eigenvalue weighted by Gasteiger charge is 2.14. The zero-order chi connectivity index (χ0) is 14.4. The van der Waals surface area contributed by atoms with E-state index < -0.39 is 15.8 Å². The molecule has 1 aromatic carbocycles. The zero-order valence-corrected chi connectivity index (χ0v) is 13.3. The van der Waals surface area contributed by atoms with E-state index in [0.29, 0.717) is 13.0 Å². The molecule has 1 fully saturated rings. The Balaban J connectivity index is 0.00000220. The van der Waals surface area contributed by atoms with Crippen molar-refractivity contribution < 1.29 is 17.5 Å². The Bertz CT molecular complexity index is 536. The molecule has 1 aromatic rings. The van der Waals surface area contributed by atoms with Crippen LogP contribution in [0, 0.1) is 5.82 Å². The number of nitrogens with one attached hydrogen (secondary N) is 1. The van der Waals surface area contributed by atoms with Crippen LogP contribution in [-0.2, 0) is 14.8 Å². The van der Waals surface area contributed by atoms with E-state index in [0.717, 1.165) is 38.9 Å². The van der Waals surface area contributed by atoms with Crippen molar-refractivity contribution >= 4 is 22.4 Å². The SMILES string of the molecule is Cl.O=S(=O)(NCCCN1CCOCC1)c1cccc(F)c1. The summed E-state index contributed by atoms with van der Waals surface area (Å²) in [6.07, 6.45) is 0.717. The molecule has 0 radical (unpaired) electrons. The van der Waals surface area contributed by atoms with Crippen molar-refractivity contribution in [3.63, 3.8) is 0 Å². The largest absolute Gasteiger partial charge is 0.379 e. The van der Waals surface area contributed by atoms with E-state index in [4.69, 9.17) is 4.74 Å². The lowest BCUT2D eigenvalue weighted by atomic mass is 10.3. The summed E-state index contributed by atoms with van der Waals surface area (Å²) in [5.74, 6) is -0.554. The van der Waals surface area contributed by atoms with Crippen molar-refractivity contribution in [2.45, 2.75) is 11.3 Å². The van der Waals surface area contributed by atoms with Gasteiger partial charge in [0.1, 0.15) is 5.82 Å². The van der Waals surface area contributed by atoms with Gasteiger partial charge < -0.3 is 4.74 Å². The fraction of sp³-hybridized carbons (Fsp3) is 0.538. The second-order valence-corrected chi connectivity index (χ2v) is 6.43. The van der Waals surface area contributed by atoms with Gasteiger partial charge in [-0.05, 0) is 31.2 Å². The van der Waals surface area contributed by atoms with Crippen LogP contribution in [0.25, 0.3) is 0 Å². The summed E-state index contributed by atoms with van der Waals surface area (Å²) in [5, 5.41) is 0. The summed E-state index contributed by atoms with van der Waals surface area (Å²) in [7, 11) is -3.62. The van der Waals surface area contributed by atoms with Crippen LogP contribution >= 0.6 is 12.4 Å². The second-order valence-electron chi connectivity index (χ2n) is 4.66. The Morgan fingerprint density at radius 1 is 1.29 bits per heavy atom. The molecule has 120 valence electrons. The lowest BCUT2D eigenvalue weighted by Crippen LogP contribution is -2.38. The lowest BCUT2D eigenvalue weighted by Gasteiger charge is -2.26. The fourth-order valence-electron chi connectivity index (χ4n) is 2.05. The van der Waals surface area contributed by atoms with Crippen LogP contribution < -0.4 is 4.72 Å². The molecule has 0 bridgehead atoms. The molecule has 1 aliphatic rings. The van der Waals surface area contributed by atoms with E-state index in [1.807, 2.05) is 0 Å². The maximum atomic E-state index is 13.0. The van der Waals surface area contributed by atoms with Crippen LogP contribution in [0.3, 0.4) is 0 Å². The van der Waals surface area contributed by atoms with E-state index in [2.05, 4.69) is 9.62 Å². The smallest absolute Gasteiger partial charge is 0.240 e. The van der Waals surface area contributed by atoms with Crippen molar-refractivity contribution in [2.75, 3.05) is 39.4 Å². The van der Waals surface area contributed by atoms with Crippen LogP contribution in [-0.4, -0.2) is 52.7 Å². The Morgan fingerprint density at radius 2 is 2.00 bits per heavy atom. The number of hydrogen-bond donors (Lipinski definition) is 1. The number of nitrogens with zero attached hydrogens (tertiary/aromatic N) is 1. The molecule has 2 rings (SSSR count). The minimum absolute atomic E-state index is 0. The summed E-state index contributed by atoms with van der Waals surface area (Å²) in [5.41, 5.74) is 0. The summed E-state index contributed by atoms with van der Waals surface area (Å²) in [4.78, 5) is 2.20. The van der Waals surface area contributed by atoms with Gasteiger partial charge in [-0.25, -0.2) is 17.5 Å².